The number of pyridine rings is 1. The van der Waals surface area contributed by atoms with Crippen molar-refractivity contribution in [1.29, 1.82) is 0 Å². The largest absolute Gasteiger partial charge is 0.478 e. The molecule has 0 saturated carbocycles. The number of benzene rings is 1. The molecule has 0 radical (unpaired) electrons. The van der Waals surface area contributed by atoms with Gasteiger partial charge in [-0.3, -0.25) is 0 Å². The Bertz CT molecular complexity index is 582. The minimum atomic E-state index is -0.974. The fourth-order valence-corrected chi connectivity index (χ4v) is 1.89. The van der Waals surface area contributed by atoms with E-state index >= 15 is 0 Å². The highest BCUT2D eigenvalue weighted by atomic mass is 16.4. The first kappa shape index (κ1) is 12.1. The van der Waals surface area contributed by atoms with Crippen LogP contribution in [-0.4, -0.2) is 23.1 Å². The monoisotopic (exact) mass is 242 g/mol. The van der Waals surface area contributed by atoms with Gasteiger partial charge >= 0.3 is 5.97 Å². The lowest BCUT2D eigenvalue weighted by molar-refractivity contribution is 0.0697. The molecule has 0 aliphatic heterocycles. The van der Waals surface area contributed by atoms with Crippen LogP contribution in [0.3, 0.4) is 0 Å². The summed E-state index contributed by atoms with van der Waals surface area (Å²) in [5.41, 5.74) is 2.21. The Balaban J connectivity index is 2.50. The van der Waals surface area contributed by atoms with Gasteiger partial charge in [0.15, 0.2) is 0 Å². The number of aromatic nitrogens is 1. The molecule has 92 valence electrons. The topological polar surface area (TPSA) is 53.4 Å². The summed E-state index contributed by atoms with van der Waals surface area (Å²) in [7, 11) is 1.82. The maximum Gasteiger partial charge on any atom is 0.339 e. The van der Waals surface area contributed by atoms with Crippen molar-refractivity contribution < 1.29 is 9.90 Å². The Hall–Kier alpha value is -2.36. The quantitative estimate of drug-likeness (QED) is 0.899. The lowest BCUT2D eigenvalue weighted by Crippen LogP contribution is -2.16. The Morgan fingerprint density at radius 3 is 2.61 bits per heavy atom. The summed E-state index contributed by atoms with van der Waals surface area (Å²) in [5.74, 6) is -0.530. The smallest absolute Gasteiger partial charge is 0.339 e. The summed E-state index contributed by atoms with van der Waals surface area (Å²) in [4.78, 5) is 17.1. The van der Waals surface area contributed by atoms with Crippen LogP contribution in [0.2, 0.25) is 0 Å². The van der Waals surface area contributed by atoms with Gasteiger partial charge in [-0.25, -0.2) is 9.78 Å². The summed E-state index contributed by atoms with van der Waals surface area (Å²) < 4.78 is 0. The van der Waals surface area contributed by atoms with E-state index in [9.17, 15) is 4.79 Å². The molecule has 2 rings (SSSR count). The fourth-order valence-electron chi connectivity index (χ4n) is 1.89. The minimum Gasteiger partial charge on any atom is -0.478 e. The van der Waals surface area contributed by atoms with Crippen LogP contribution in [0.15, 0.2) is 42.6 Å². The lowest BCUT2D eigenvalue weighted by atomic mass is 10.1. The predicted octanol–water partition coefficient (Wildman–Crippen LogP) is 2.86. The van der Waals surface area contributed by atoms with Crippen LogP contribution in [0.4, 0.5) is 11.5 Å². The molecular weight excluding hydrogens is 228 g/mol. The molecule has 0 amide bonds. The van der Waals surface area contributed by atoms with E-state index in [1.165, 1.54) is 0 Å². The van der Waals surface area contributed by atoms with Crippen molar-refractivity contribution in [1.82, 2.24) is 4.98 Å². The van der Waals surface area contributed by atoms with Crippen LogP contribution >= 0.6 is 0 Å². The number of aryl methyl sites for hydroxylation is 1. The molecule has 1 aromatic carbocycles. The normalized spacial score (nSPS) is 10.1. The molecule has 0 spiro atoms. The van der Waals surface area contributed by atoms with Gasteiger partial charge in [0.2, 0.25) is 0 Å². The lowest BCUT2D eigenvalue weighted by Gasteiger charge is -2.21. The number of hydrogen-bond acceptors (Lipinski definition) is 3. The summed E-state index contributed by atoms with van der Waals surface area (Å²) in [6.07, 6.45) is 1.59. The van der Waals surface area contributed by atoms with Crippen LogP contribution in [0.25, 0.3) is 0 Å². The fraction of sp³-hybridized carbons (Fsp3) is 0.143. The number of rotatable bonds is 3. The molecule has 0 atom stereocenters. The van der Waals surface area contributed by atoms with E-state index in [-0.39, 0.29) is 5.56 Å². The molecule has 2 aromatic rings. The van der Waals surface area contributed by atoms with Crippen molar-refractivity contribution >= 4 is 17.5 Å². The molecule has 4 nitrogen and oxygen atoms in total. The van der Waals surface area contributed by atoms with Crippen LogP contribution in [0, 0.1) is 6.92 Å². The highest BCUT2D eigenvalue weighted by Gasteiger charge is 2.16. The van der Waals surface area contributed by atoms with Gasteiger partial charge in [0.1, 0.15) is 11.4 Å². The van der Waals surface area contributed by atoms with Gasteiger partial charge in [0.25, 0.3) is 0 Å². The van der Waals surface area contributed by atoms with E-state index < -0.39 is 5.97 Å². The van der Waals surface area contributed by atoms with Crippen LogP contribution in [0.5, 0.6) is 0 Å². The number of aromatic carboxylic acids is 1. The SMILES string of the molecule is Cc1ccccc1N(C)c1ncccc1C(=O)O. The molecule has 0 aliphatic carbocycles. The molecule has 1 aromatic heterocycles. The molecule has 18 heavy (non-hydrogen) atoms. The van der Waals surface area contributed by atoms with E-state index in [4.69, 9.17) is 5.11 Å². The van der Waals surface area contributed by atoms with E-state index in [1.54, 1.807) is 23.2 Å². The van der Waals surface area contributed by atoms with Crippen molar-refractivity contribution in [2.24, 2.45) is 0 Å². The van der Waals surface area contributed by atoms with E-state index in [0.29, 0.717) is 5.82 Å². The first-order chi connectivity index (χ1) is 8.61. The minimum absolute atomic E-state index is 0.197. The van der Waals surface area contributed by atoms with Crippen molar-refractivity contribution in [3.05, 3.63) is 53.7 Å². The van der Waals surface area contributed by atoms with Crippen molar-refractivity contribution in [2.75, 3.05) is 11.9 Å². The molecule has 1 N–H and O–H groups in total. The zero-order chi connectivity index (χ0) is 13.1. The summed E-state index contributed by atoms with van der Waals surface area (Å²) in [5, 5.41) is 9.16. The average molecular weight is 242 g/mol. The second kappa shape index (κ2) is 4.87. The molecule has 1 heterocycles. The maximum atomic E-state index is 11.2. The van der Waals surface area contributed by atoms with E-state index in [1.807, 2.05) is 38.2 Å². The average Bonchev–Trinajstić information content (AvgIpc) is 2.38. The Morgan fingerprint density at radius 2 is 1.94 bits per heavy atom. The van der Waals surface area contributed by atoms with Gasteiger partial charge in [0, 0.05) is 18.9 Å². The van der Waals surface area contributed by atoms with E-state index in [0.717, 1.165) is 11.3 Å². The molecule has 0 saturated heterocycles. The van der Waals surface area contributed by atoms with Gasteiger partial charge in [0.05, 0.1) is 0 Å². The molecule has 0 bridgehead atoms. The predicted molar refractivity (Wildman–Crippen MR) is 70.4 cm³/mol. The van der Waals surface area contributed by atoms with Crippen molar-refractivity contribution in [3.8, 4) is 0 Å². The highest BCUT2D eigenvalue weighted by molar-refractivity contribution is 5.94. The third kappa shape index (κ3) is 2.18. The zero-order valence-electron chi connectivity index (χ0n) is 10.3. The summed E-state index contributed by atoms with van der Waals surface area (Å²) >= 11 is 0. The van der Waals surface area contributed by atoms with Gasteiger partial charge in [-0.05, 0) is 30.7 Å². The first-order valence-corrected chi connectivity index (χ1v) is 5.59. The third-order valence-corrected chi connectivity index (χ3v) is 2.81. The number of para-hydroxylation sites is 1. The Labute approximate surface area is 106 Å². The van der Waals surface area contributed by atoms with Crippen molar-refractivity contribution in [2.45, 2.75) is 6.92 Å². The number of carboxylic acids is 1. The van der Waals surface area contributed by atoms with Gasteiger partial charge in [-0.2, -0.15) is 0 Å². The van der Waals surface area contributed by atoms with Crippen molar-refractivity contribution in [3.63, 3.8) is 0 Å². The summed E-state index contributed by atoms with van der Waals surface area (Å²) in [6.45, 7) is 1.98. The highest BCUT2D eigenvalue weighted by Crippen LogP contribution is 2.27. The zero-order valence-corrected chi connectivity index (χ0v) is 10.3. The Kier molecular flexibility index (Phi) is 3.28. The number of anilines is 2. The molecule has 0 fully saturated rings. The standard InChI is InChI=1S/C14H14N2O2/c1-10-6-3-4-8-12(10)16(2)13-11(14(17)18)7-5-9-15-13/h3-9H,1-2H3,(H,17,18). The number of carboxylic acid groups (broad SMARTS) is 1. The summed E-state index contributed by atoms with van der Waals surface area (Å²) in [6, 6.07) is 11.0. The second-order valence-electron chi connectivity index (χ2n) is 4.03. The van der Waals surface area contributed by atoms with Gasteiger partial charge in [-0.15, -0.1) is 0 Å². The molecule has 0 unspecified atom stereocenters. The number of hydrogen-bond donors (Lipinski definition) is 1. The molecular formula is C14H14N2O2. The van der Waals surface area contributed by atoms with Gasteiger partial charge in [-0.1, -0.05) is 18.2 Å². The van der Waals surface area contributed by atoms with Crippen LogP contribution < -0.4 is 4.90 Å². The third-order valence-electron chi connectivity index (χ3n) is 2.81. The van der Waals surface area contributed by atoms with Crippen LogP contribution in [-0.2, 0) is 0 Å². The number of carbonyl (C=O) groups is 1. The van der Waals surface area contributed by atoms with Crippen LogP contribution in [0.1, 0.15) is 15.9 Å². The second-order valence-corrected chi connectivity index (χ2v) is 4.03. The Morgan fingerprint density at radius 1 is 1.22 bits per heavy atom. The molecule has 4 heteroatoms. The maximum absolute atomic E-state index is 11.2. The van der Waals surface area contributed by atoms with E-state index in [2.05, 4.69) is 4.98 Å². The number of nitrogens with zero attached hydrogens (tertiary/aromatic N) is 2. The van der Waals surface area contributed by atoms with Gasteiger partial charge < -0.3 is 10.0 Å². The molecule has 0 aliphatic rings. The first-order valence-electron chi connectivity index (χ1n) is 5.59.